The molecule has 0 aromatic carbocycles. The molecule has 3 rings (SSSR count). The van der Waals surface area contributed by atoms with Crippen molar-refractivity contribution in [1.82, 2.24) is 16.0 Å². The molecule has 5 heteroatoms. The molecule has 0 radical (unpaired) electrons. The number of hydrogen-bond donors (Lipinski definition) is 3. The number of fused-ring (bicyclic) bond motifs is 2. The Morgan fingerprint density at radius 2 is 1.91 bits per heavy atom. The van der Waals surface area contributed by atoms with Crippen molar-refractivity contribution in [3.05, 3.63) is 12.2 Å². The van der Waals surface area contributed by atoms with E-state index in [1.807, 2.05) is 0 Å². The van der Waals surface area contributed by atoms with Gasteiger partial charge in [-0.25, -0.2) is 10.4 Å². The molecule has 1 aliphatic carbocycles. The Bertz CT molecular complexity index is 426. The van der Waals surface area contributed by atoms with Crippen molar-refractivity contribution in [1.29, 1.82) is 0 Å². The third kappa shape index (κ3) is 3.53. The van der Waals surface area contributed by atoms with Crippen LogP contribution in [0.4, 0.5) is 0 Å². The summed E-state index contributed by atoms with van der Waals surface area (Å²) >= 11 is 0. The third-order valence-corrected chi connectivity index (χ3v) is 5.47. The lowest BCUT2D eigenvalue weighted by molar-refractivity contribution is -0.142. The highest BCUT2D eigenvalue weighted by atomic mass is 16.4. The van der Waals surface area contributed by atoms with Crippen LogP contribution in [0.2, 0.25) is 0 Å². The van der Waals surface area contributed by atoms with Gasteiger partial charge in [0.25, 0.3) is 0 Å². The van der Waals surface area contributed by atoms with E-state index in [9.17, 15) is 9.90 Å². The van der Waals surface area contributed by atoms with E-state index in [0.29, 0.717) is 12.5 Å². The average molecular weight is 307 g/mol. The molecule has 0 aromatic heterocycles. The van der Waals surface area contributed by atoms with Crippen molar-refractivity contribution in [2.75, 3.05) is 6.54 Å². The van der Waals surface area contributed by atoms with Gasteiger partial charge in [-0.15, -0.1) is 0 Å². The van der Waals surface area contributed by atoms with Gasteiger partial charge in [-0.3, -0.25) is 4.79 Å². The second kappa shape index (κ2) is 7.11. The number of carboxylic acids is 1. The molecule has 3 unspecified atom stereocenters. The highest BCUT2D eigenvalue weighted by Gasteiger charge is 2.59. The van der Waals surface area contributed by atoms with Crippen molar-refractivity contribution in [3.63, 3.8) is 0 Å². The van der Waals surface area contributed by atoms with E-state index in [-0.39, 0.29) is 5.92 Å². The zero-order valence-electron chi connectivity index (χ0n) is 13.4. The van der Waals surface area contributed by atoms with E-state index in [4.69, 9.17) is 0 Å². The Morgan fingerprint density at radius 3 is 2.77 bits per heavy atom. The number of carboxylic acid groups (broad SMARTS) is 1. The Hall–Kier alpha value is -0.910. The zero-order valence-corrected chi connectivity index (χ0v) is 13.4. The van der Waals surface area contributed by atoms with E-state index in [0.717, 1.165) is 13.0 Å². The van der Waals surface area contributed by atoms with E-state index in [2.05, 4.69) is 28.1 Å². The molecular formula is C17H29N3O2. The molecule has 1 saturated carbocycles. The molecule has 0 spiro atoms. The first kappa shape index (κ1) is 16.0. The number of aliphatic carboxylic acids is 1. The normalized spacial score (nSPS) is 39.1. The lowest BCUT2D eigenvalue weighted by atomic mass is 10.0. The summed E-state index contributed by atoms with van der Waals surface area (Å²) in [7, 11) is 0. The topological polar surface area (TPSA) is 64.6 Å². The molecule has 3 N–H and O–H groups in total. The predicted molar refractivity (Wildman–Crippen MR) is 85.9 cm³/mol. The lowest BCUT2D eigenvalue weighted by Crippen LogP contribution is -2.57. The summed E-state index contributed by atoms with van der Waals surface area (Å²) in [5, 5.41) is 11.8. The second-order valence-electron chi connectivity index (χ2n) is 7.09. The molecule has 124 valence electrons. The van der Waals surface area contributed by atoms with Crippen molar-refractivity contribution in [2.24, 2.45) is 5.92 Å². The maximum Gasteiger partial charge on any atom is 0.325 e. The average Bonchev–Trinajstić information content (AvgIpc) is 3.04. The van der Waals surface area contributed by atoms with Gasteiger partial charge in [0, 0.05) is 18.5 Å². The van der Waals surface area contributed by atoms with E-state index in [1.165, 1.54) is 51.4 Å². The van der Waals surface area contributed by atoms with Crippen molar-refractivity contribution >= 4 is 5.97 Å². The van der Waals surface area contributed by atoms with Crippen LogP contribution in [-0.2, 0) is 4.79 Å². The number of carbonyl (C=O) groups is 1. The van der Waals surface area contributed by atoms with E-state index >= 15 is 0 Å². The molecule has 3 atom stereocenters. The fourth-order valence-corrected chi connectivity index (χ4v) is 3.85. The van der Waals surface area contributed by atoms with Crippen LogP contribution in [0.25, 0.3) is 0 Å². The molecule has 2 aliphatic heterocycles. The van der Waals surface area contributed by atoms with Crippen molar-refractivity contribution < 1.29 is 9.90 Å². The van der Waals surface area contributed by atoms with Gasteiger partial charge in [0.2, 0.25) is 0 Å². The van der Waals surface area contributed by atoms with Gasteiger partial charge < -0.3 is 5.11 Å². The summed E-state index contributed by atoms with van der Waals surface area (Å²) in [6, 6.07) is 0.552. The van der Waals surface area contributed by atoms with Gasteiger partial charge in [-0.1, -0.05) is 37.8 Å². The third-order valence-electron chi connectivity index (χ3n) is 5.47. The molecular weight excluding hydrogens is 278 g/mol. The van der Waals surface area contributed by atoms with Crippen LogP contribution in [0.1, 0.15) is 64.2 Å². The van der Waals surface area contributed by atoms with Crippen molar-refractivity contribution in [2.45, 2.75) is 75.8 Å². The first-order chi connectivity index (χ1) is 10.7. The quantitative estimate of drug-likeness (QED) is 0.650. The SMILES string of the molecule is O=C(O)C12CC1/C=C\CCCCCCCC1CCCN1NN2. The fraction of sp³-hybridized carbons (Fsp3) is 0.824. The summed E-state index contributed by atoms with van der Waals surface area (Å²) in [5.74, 6) is -0.626. The van der Waals surface area contributed by atoms with E-state index in [1.54, 1.807) is 0 Å². The van der Waals surface area contributed by atoms with E-state index < -0.39 is 11.5 Å². The monoisotopic (exact) mass is 307 g/mol. The van der Waals surface area contributed by atoms with Crippen LogP contribution in [0.5, 0.6) is 0 Å². The number of nitrogens with zero attached hydrogens (tertiary/aromatic N) is 1. The molecule has 0 amide bonds. The highest BCUT2D eigenvalue weighted by molar-refractivity contribution is 5.83. The standard InChI is InChI=1S/C17H29N3O2/c21-16(22)17-13-14(17)9-6-4-2-1-3-5-7-10-15-11-8-12-20(15)19-18-17/h6,9,14-15,18-19H,1-5,7-8,10-13H2,(H,21,22)/b9-6-. The van der Waals surface area contributed by atoms with Crippen LogP contribution in [0.15, 0.2) is 12.2 Å². The van der Waals surface area contributed by atoms with Crippen LogP contribution >= 0.6 is 0 Å². The molecule has 2 heterocycles. The summed E-state index contributed by atoms with van der Waals surface area (Å²) in [5.41, 5.74) is 5.57. The summed E-state index contributed by atoms with van der Waals surface area (Å²) in [4.78, 5) is 11.6. The number of allylic oxidation sites excluding steroid dienone is 1. The van der Waals surface area contributed by atoms with Gasteiger partial charge >= 0.3 is 5.97 Å². The smallest absolute Gasteiger partial charge is 0.325 e. The first-order valence-electron chi connectivity index (χ1n) is 8.92. The Kier molecular flexibility index (Phi) is 5.16. The van der Waals surface area contributed by atoms with Gasteiger partial charge in [0.15, 0.2) is 0 Å². The summed E-state index contributed by atoms with van der Waals surface area (Å²) in [6.07, 6.45) is 16.1. The van der Waals surface area contributed by atoms with Gasteiger partial charge in [-0.05, 0) is 38.5 Å². The van der Waals surface area contributed by atoms with Crippen LogP contribution < -0.4 is 11.0 Å². The highest BCUT2D eigenvalue weighted by Crippen LogP contribution is 2.44. The summed E-state index contributed by atoms with van der Waals surface area (Å²) < 4.78 is 0. The fourth-order valence-electron chi connectivity index (χ4n) is 3.85. The van der Waals surface area contributed by atoms with Crippen LogP contribution in [-0.4, -0.2) is 34.2 Å². The number of hydrazine groups is 2. The molecule has 22 heavy (non-hydrogen) atoms. The minimum atomic E-state index is -0.802. The molecule has 3 aliphatic rings. The Labute approximate surface area is 133 Å². The lowest BCUT2D eigenvalue weighted by Gasteiger charge is -2.27. The van der Waals surface area contributed by atoms with Crippen molar-refractivity contribution in [3.8, 4) is 0 Å². The molecule has 0 bridgehead atoms. The molecule has 0 aromatic rings. The van der Waals surface area contributed by atoms with Crippen LogP contribution in [0, 0.1) is 5.92 Å². The minimum Gasteiger partial charge on any atom is -0.480 e. The Balaban J connectivity index is 1.64. The number of rotatable bonds is 1. The predicted octanol–water partition coefficient (Wildman–Crippen LogP) is 2.60. The van der Waals surface area contributed by atoms with Gasteiger partial charge in [-0.2, -0.15) is 5.53 Å². The minimum absolute atomic E-state index is 0.115. The molecule has 1 saturated heterocycles. The number of hydrogen-bond acceptors (Lipinski definition) is 4. The largest absolute Gasteiger partial charge is 0.480 e. The molecule has 2 fully saturated rings. The van der Waals surface area contributed by atoms with Gasteiger partial charge in [0.05, 0.1) is 0 Å². The number of nitrogens with one attached hydrogen (secondary N) is 2. The molecule has 5 nitrogen and oxygen atoms in total. The Morgan fingerprint density at radius 1 is 1.14 bits per heavy atom. The van der Waals surface area contributed by atoms with Crippen LogP contribution in [0.3, 0.4) is 0 Å². The first-order valence-corrected chi connectivity index (χ1v) is 8.92. The maximum atomic E-state index is 11.6. The summed E-state index contributed by atoms with van der Waals surface area (Å²) in [6.45, 7) is 1.01. The second-order valence-corrected chi connectivity index (χ2v) is 7.09. The van der Waals surface area contributed by atoms with Gasteiger partial charge in [0.1, 0.15) is 5.54 Å². The zero-order chi connectivity index (χ0) is 15.4. The maximum absolute atomic E-state index is 11.6.